The summed E-state index contributed by atoms with van der Waals surface area (Å²) < 4.78 is 1.11. The van der Waals surface area contributed by atoms with Crippen molar-refractivity contribution in [2.45, 2.75) is 13.5 Å². The Bertz CT molecular complexity index is 494. The summed E-state index contributed by atoms with van der Waals surface area (Å²) in [6.07, 6.45) is 1.93. The molecule has 0 aliphatic rings. The highest BCUT2D eigenvalue weighted by Crippen LogP contribution is 2.31. The molecule has 1 aromatic heterocycles. The van der Waals surface area contributed by atoms with Gasteiger partial charge in [0.15, 0.2) is 0 Å². The molecule has 1 heterocycles. The third-order valence-corrected chi connectivity index (χ3v) is 3.95. The molecule has 0 aliphatic heterocycles. The molecule has 0 spiro atoms. The maximum absolute atomic E-state index is 4.44. The lowest BCUT2D eigenvalue weighted by Gasteiger charge is -2.01. The molecule has 0 saturated heterocycles. The number of thiazole rings is 1. The Hall–Kier alpha value is -0.710. The predicted octanol–water partition coefficient (Wildman–Crippen LogP) is 3.60. The second-order valence-corrected chi connectivity index (χ2v) is 5.61. The van der Waals surface area contributed by atoms with Crippen molar-refractivity contribution in [3.63, 3.8) is 0 Å². The van der Waals surface area contributed by atoms with Gasteiger partial charge in [-0.3, -0.25) is 0 Å². The van der Waals surface area contributed by atoms with E-state index in [-0.39, 0.29) is 0 Å². The van der Waals surface area contributed by atoms with Gasteiger partial charge in [0.2, 0.25) is 0 Å². The number of aryl methyl sites for hydroxylation is 1. The molecule has 2 rings (SSSR count). The van der Waals surface area contributed by atoms with Crippen LogP contribution in [0.25, 0.3) is 10.6 Å². The van der Waals surface area contributed by atoms with E-state index in [1.807, 2.05) is 13.2 Å². The van der Waals surface area contributed by atoms with Crippen LogP contribution in [0.5, 0.6) is 0 Å². The first kappa shape index (κ1) is 11.8. The minimum absolute atomic E-state index is 0.876. The van der Waals surface area contributed by atoms with Crippen molar-refractivity contribution in [1.29, 1.82) is 0 Å². The molecule has 1 N–H and O–H groups in total. The number of rotatable bonds is 3. The first-order valence-electron chi connectivity index (χ1n) is 5.06. The summed E-state index contributed by atoms with van der Waals surface area (Å²) in [4.78, 5) is 5.70. The van der Waals surface area contributed by atoms with Crippen LogP contribution in [-0.2, 0) is 6.54 Å². The van der Waals surface area contributed by atoms with Crippen molar-refractivity contribution >= 4 is 27.3 Å². The summed E-state index contributed by atoms with van der Waals surface area (Å²) >= 11 is 5.31. The molecule has 84 valence electrons. The van der Waals surface area contributed by atoms with Gasteiger partial charge in [-0.15, -0.1) is 11.3 Å². The Labute approximate surface area is 108 Å². The van der Waals surface area contributed by atoms with E-state index >= 15 is 0 Å². The Morgan fingerprint density at radius 3 is 2.94 bits per heavy atom. The highest BCUT2D eigenvalue weighted by atomic mass is 79.9. The monoisotopic (exact) mass is 296 g/mol. The average Bonchev–Trinajstić information content (AvgIpc) is 2.67. The van der Waals surface area contributed by atoms with Crippen molar-refractivity contribution < 1.29 is 0 Å². The van der Waals surface area contributed by atoms with Crippen LogP contribution in [0.15, 0.2) is 28.9 Å². The van der Waals surface area contributed by atoms with E-state index in [1.54, 1.807) is 11.3 Å². The van der Waals surface area contributed by atoms with Crippen LogP contribution >= 0.6 is 27.3 Å². The van der Waals surface area contributed by atoms with Gasteiger partial charge in [0, 0.05) is 27.7 Å². The Kier molecular flexibility index (Phi) is 3.74. The predicted molar refractivity (Wildman–Crippen MR) is 72.8 cm³/mol. The highest BCUT2D eigenvalue weighted by Gasteiger charge is 2.07. The summed E-state index contributed by atoms with van der Waals surface area (Å²) in [6, 6.07) is 6.34. The third kappa shape index (κ3) is 2.51. The van der Waals surface area contributed by atoms with Crippen LogP contribution in [0.4, 0.5) is 0 Å². The summed E-state index contributed by atoms with van der Waals surface area (Å²) in [6.45, 7) is 2.96. The molecule has 0 atom stereocenters. The minimum Gasteiger partial charge on any atom is -0.315 e. The number of halogens is 1. The first-order valence-corrected chi connectivity index (χ1v) is 6.67. The van der Waals surface area contributed by atoms with E-state index in [2.05, 4.69) is 51.4 Å². The fraction of sp³-hybridized carbons (Fsp3) is 0.250. The van der Waals surface area contributed by atoms with Crippen LogP contribution in [0.1, 0.15) is 10.4 Å². The van der Waals surface area contributed by atoms with Gasteiger partial charge < -0.3 is 5.32 Å². The number of hydrogen-bond acceptors (Lipinski definition) is 3. The van der Waals surface area contributed by atoms with Gasteiger partial charge in [0.05, 0.1) is 0 Å². The molecule has 0 radical (unpaired) electrons. The van der Waals surface area contributed by atoms with Crippen LogP contribution in [0.2, 0.25) is 0 Å². The van der Waals surface area contributed by atoms with Gasteiger partial charge in [-0.05, 0) is 25.6 Å². The Balaban J connectivity index is 2.35. The molecule has 0 saturated carbocycles. The van der Waals surface area contributed by atoms with Gasteiger partial charge in [0.1, 0.15) is 5.01 Å². The highest BCUT2D eigenvalue weighted by molar-refractivity contribution is 9.10. The number of benzene rings is 1. The molecule has 4 heteroatoms. The van der Waals surface area contributed by atoms with Gasteiger partial charge >= 0.3 is 0 Å². The topological polar surface area (TPSA) is 24.9 Å². The van der Waals surface area contributed by atoms with E-state index < -0.39 is 0 Å². The second-order valence-electron chi connectivity index (χ2n) is 3.65. The number of nitrogens with one attached hydrogen (secondary N) is 1. The van der Waals surface area contributed by atoms with Crippen LogP contribution in [0, 0.1) is 6.92 Å². The number of hydrogen-bond donors (Lipinski definition) is 1. The van der Waals surface area contributed by atoms with Gasteiger partial charge in [-0.1, -0.05) is 28.1 Å². The molecule has 1 aromatic carbocycles. The first-order chi connectivity index (χ1) is 7.70. The fourth-order valence-electron chi connectivity index (χ4n) is 1.48. The zero-order valence-electron chi connectivity index (χ0n) is 9.25. The average molecular weight is 297 g/mol. The van der Waals surface area contributed by atoms with E-state index in [9.17, 15) is 0 Å². The molecular weight excluding hydrogens is 284 g/mol. The molecule has 0 fully saturated rings. The maximum Gasteiger partial charge on any atom is 0.124 e. The SMILES string of the molecule is CNCc1cnc(-c2ccc(C)cc2Br)s1. The van der Waals surface area contributed by atoms with E-state index in [0.717, 1.165) is 21.6 Å². The number of nitrogens with zero attached hydrogens (tertiary/aromatic N) is 1. The number of aromatic nitrogens is 1. The van der Waals surface area contributed by atoms with E-state index in [4.69, 9.17) is 0 Å². The molecule has 0 bridgehead atoms. The quantitative estimate of drug-likeness (QED) is 0.936. The lowest BCUT2D eigenvalue weighted by atomic mass is 10.2. The van der Waals surface area contributed by atoms with Crippen LogP contribution in [0.3, 0.4) is 0 Å². The summed E-state index contributed by atoms with van der Waals surface area (Å²) in [5.74, 6) is 0. The normalized spacial score (nSPS) is 10.7. The van der Waals surface area contributed by atoms with Crippen molar-refractivity contribution in [3.8, 4) is 10.6 Å². The van der Waals surface area contributed by atoms with E-state index in [1.165, 1.54) is 10.4 Å². The summed E-state index contributed by atoms with van der Waals surface area (Å²) in [5, 5.41) is 4.20. The lowest BCUT2D eigenvalue weighted by molar-refractivity contribution is 0.829. The lowest BCUT2D eigenvalue weighted by Crippen LogP contribution is -2.02. The summed E-state index contributed by atoms with van der Waals surface area (Å²) in [5.41, 5.74) is 2.42. The molecule has 0 unspecified atom stereocenters. The van der Waals surface area contributed by atoms with Crippen molar-refractivity contribution in [2.24, 2.45) is 0 Å². The van der Waals surface area contributed by atoms with Crippen LogP contribution < -0.4 is 5.32 Å². The molecule has 0 amide bonds. The molecule has 2 aromatic rings. The van der Waals surface area contributed by atoms with Gasteiger partial charge in [-0.25, -0.2) is 4.98 Å². The van der Waals surface area contributed by atoms with Gasteiger partial charge in [-0.2, -0.15) is 0 Å². The third-order valence-electron chi connectivity index (χ3n) is 2.26. The second kappa shape index (κ2) is 5.08. The smallest absolute Gasteiger partial charge is 0.124 e. The Morgan fingerprint density at radius 2 is 2.25 bits per heavy atom. The molecule has 16 heavy (non-hydrogen) atoms. The zero-order valence-corrected chi connectivity index (χ0v) is 11.7. The molecule has 0 aliphatic carbocycles. The molecule has 2 nitrogen and oxygen atoms in total. The van der Waals surface area contributed by atoms with Crippen molar-refractivity contribution in [3.05, 3.63) is 39.3 Å². The van der Waals surface area contributed by atoms with Crippen LogP contribution in [-0.4, -0.2) is 12.0 Å². The van der Waals surface area contributed by atoms with Crippen molar-refractivity contribution in [1.82, 2.24) is 10.3 Å². The summed E-state index contributed by atoms with van der Waals surface area (Å²) in [7, 11) is 1.95. The standard InChI is InChI=1S/C12H13BrN2S/c1-8-3-4-10(11(13)5-8)12-15-7-9(16-12)6-14-2/h3-5,7,14H,6H2,1-2H3. The zero-order chi connectivity index (χ0) is 11.5. The Morgan fingerprint density at radius 1 is 1.44 bits per heavy atom. The van der Waals surface area contributed by atoms with Crippen molar-refractivity contribution in [2.75, 3.05) is 7.05 Å². The van der Waals surface area contributed by atoms with Gasteiger partial charge in [0.25, 0.3) is 0 Å². The largest absolute Gasteiger partial charge is 0.315 e. The molecular formula is C12H13BrN2S. The fourth-order valence-corrected chi connectivity index (χ4v) is 3.26. The van der Waals surface area contributed by atoms with E-state index in [0.29, 0.717) is 0 Å². The minimum atomic E-state index is 0.876. The maximum atomic E-state index is 4.44.